The summed E-state index contributed by atoms with van der Waals surface area (Å²) < 4.78 is 0. The van der Waals surface area contributed by atoms with Gasteiger partial charge in [-0.25, -0.2) is 4.79 Å². The second-order valence-electron chi connectivity index (χ2n) is 2.76. The standard InChI is InChI=1S/C7H15N3O2/c1-5(2)10-6(11)3-4-9-7(8)12/h5H,3-4H2,1-2H3,(H,10,11)(H3,8,9,12). The molecular weight excluding hydrogens is 158 g/mol. The number of primary amides is 1. The van der Waals surface area contributed by atoms with Crippen LogP contribution in [-0.4, -0.2) is 24.5 Å². The molecule has 0 aromatic rings. The highest BCUT2D eigenvalue weighted by Crippen LogP contribution is 1.81. The van der Waals surface area contributed by atoms with Gasteiger partial charge in [-0.3, -0.25) is 4.79 Å². The largest absolute Gasteiger partial charge is 0.354 e. The maximum absolute atomic E-state index is 10.9. The van der Waals surface area contributed by atoms with Crippen LogP contribution in [0.3, 0.4) is 0 Å². The zero-order chi connectivity index (χ0) is 9.56. The molecule has 0 rings (SSSR count). The van der Waals surface area contributed by atoms with Gasteiger partial charge in [0.1, 0.15) is 0 Å². The third-order valence-corrected chi connectivity index (χ3v) is 1.10. The summed E-state index contributed by atoms with van der Waals surface area (Å²) in [6, 6.07) is -0.474. The zero-order valence-electron chi connectivity index (χ0n) is 7.39. The molecule has 0 spiro atoms. The molecule has 12 heavy (non-hydrogen) atoms. The van der Waals surface area contributed by atoms with Gasteiger partial charge in [0.2, 0.25) is 5.91 Å². The minimum atomic E-state index is -0.604. The van der Waals surface area contributed by atoms with Crippen LogP contribution in [0.25, 0.3) is 0 Å². The average molecular weight is 173 g/mol. The molecule has 0 heterocycles. The van der Waals surface area contributed by atoms with Gasteiger partial charge in [0.15, 0.2) is 0 Å². The van der Waals surface area contributed by atoms with Crippen LogP contribution in [0.2, 0.25) is 0 Å². The lowest BCUT2D eigenvalue weighted by Gasteiger charge is -2.07. The molecule has 0 radical (unpaired) electrons. The fraction of sp³-hybridized carbons (Fsp3) is 0.714. The molecule has 0 atom stereocenters. The Labute approximate surface area is 71.7 Å². The summed E-state index contributed by atoms with van der Waals surface area (Å²) in [6.45, 7) is 4.03. The number of nitrogens with one attached hydrogen (secondary N) is 2. The molecule has 0 saturated heterocycles. The number of urea groups is 1. The van der Waals surface area contributed by atoms with Crippen molar-refractivity contribution < 1.29 is 9.59 Å². The molecular formula is C7H15N3O2. The van der Waals surface area contributed by atoms with E-state index in [0.717, 1.165) is 0 Å². The van der Waals surface area contributed by atoms with Crippen molar-refractivity contribution in [2.45, 2.75) is 26.3 Å². The van der Waals surface area contributed by atoms with E-state index in [1.54, 1.807) is 0 Å². The molecule has 0 aromatic carbocycles. The molecule has 0 saturated carbocycles. The molecule has 0 aromatic heterocycles. The highest BCUT2D eigenvalue weighted by atomic mass is 16.2. The van der Waals surface area contributed by atoms with Crippen LogP contribution in [0, 0.1) is 0 Å². The summed E-state index contributed by atoms with van der Waals surface area (Å²) >= 11 is 0. The van der Waals surface area contributed by atoms with Crippen LogP contribution in [0.1, 0.15) is 20.3 Å². The van der Waals surface area contributed by atoms with Gasteiger partial charge >= 0.3 is 6.03 Å². The molecule has 0 unspecified atom stereocenters. The Morgan fingerprint density at radius 2 is 2.00 bits per heavy atom. The summed E-state index contributed by atoms with van der Waals surface area (Å²) in [7, 11) is 0. The maximum atomic E-state index is 10.9. The van der Waals surface area contributed by atoms with Crippen molar-refractivity contribution in [2.24, 2.45) is 5.73 Å². The van der Waals surface area contributed by atoms with Crippen molar-refractivity contribution in [3.63, 3.8) is 0 Å². The predicted octanol–water partition coefficient (Wildman–Crippen LogP) is -0.431. The van der Waals surface area contributed by atoms with Gasteiger partial charge in [0.25, 0.3) is 0 Å². The minimum Gasteiger partial charge on any atom is -0.354 e. The van der Waals surface area contributed by atoms with Crippen LogP contribution in [-0.2, 0) is 4.79 Å². The second kappa shape index (κ2) is 5.40. The number of rotatable bonds is 4. The van der Waals surface area contributed by atoms with E-state index >= 15 is 0 Å². The smallest absolute Gasteiger partial charge is 0.312 e. The van der Waals surface area contributed by atoms with Gasteiger partial charge in [-0.05, 0) is 13.8 Å². The summed E-state index contributed by atoms with van der Waals surface area (Å²) in [4.78, 5) is 21.1. The quantitative estimate of drug-likeness (QED) is 0.539. The van der Waals surface area contributed by atoms with E-state index in [9.17, 15) is 9.59 Å². The highest BCUT2D eigenvalue weighted by molar-refractivity contribution is 5.77. The molecule has 5 heteroatoms. The summed E-state index contributed by atoms with van der Waals surface area (Å²) in [5.74, 6) is -0.0845. The van der Waals surface area contributed by atoms with Crippen LogP contribution in [0.4, 0.5) is 4.79 Å². The van der Waals surface area contributed by atoms with Crippen LogP contribution in [0.15, 0.2) is 0 Å². The third-order valence-electron chi connectivity index (χ3n) is 1.10. The predicted molar refractivity (Wildman–Crippen MR) is 45.5 cm³/mol. The van der Waals surface area contributed by atoms with Crippen LogP contribution in [0.5, 0.6) is 0 Å². The van der Waals surface area contributed by atoms with E-state index in [4.69, 9.17) is 5.73 Å². The molecule has 0 aliphatic carbocycles. The normalized spacial score (nSPS) is 9.58. The SMILES string of the molecule is CC(C)NC(=O)CCNC(N)=O. The first-order valence-electron chi connectivity index (χ1n) is 3.85. The lowest BCUT2D eigenvalue weighted by molar-refractivity contribution is -0.121. The molecule has 0 aliphatic rings. The van der Waals surface area contributed by atoms with Crippen LogP contribution < -0.4 is 16.4 Å². The monoisotopic (exact) mass is 173 g/mol. The fourth-order valence-corrected chi connectivity index (χ4v) is 0.693. The molecule has 0 fully saturated rings. The first-order chi connectivity index (χ1) is 5.52. The number of carbonyl (C=O) groups excluding carboxylic acids is 2. The Morgan fingerprint density at radius 1 is 1.42 bits per heavy atom. The first kappa shape index (κ1) is 10.7. The van der Waals surface area contributed by atoms with Gasteiger partial charge in [0, 0.05) is 19.0 Å². The minimum absolute atomic E-state index is 0.0845. The van der Waals surface area contributed by atoms with Crippen molar-refractivity contribution in [1.29, 1.82) is 0 Å². The van der Waals surface area contributed by atoms with Crippen molar-refractivity contribution in [3.05, 3.63) is 0 Å². The number of hydrogen-bond acceptors (Lipinski definition) is 2. The molecule has 0 bridgehead atoms. The van der Waals surface area contributed by atoms with Gasteiger partial charge in [-0.15, -0.1) is 0 Å². The number of carbonyl (C=O) groups is 2. The second-order valence-corrected chi connectivity index (χ2v) is 2.76. The van der Waals surface area contributed by atoms with E-state index in [1.165, 1.54) is 0 Å². The molecule has 4 N–H and O–H groups in total. The number of amides is 3. The molecule has 70 valence electrons. The average Bonchev–Trinajstić information content (AvgIpc) is 1.84. The number of nitrogens with two attached hydrogens (primary N) is 1. The van der Waals surface area contributed by atoms with Crippen molar-refractivity contribution >= 4 is 11.9 Å². The Bertz CT molecular complexity index is 168. The Morgan fingerprint density at radius 3 is 2.42 bits per heavy atom. The van der Waals surface area contributed by atoms with E-state index in [-0.39, 0.29) is 24.9 Å². The van der Waals surface area contributed by atoms with E-state index in [2.05, 4.69) is 10.6 Å². The van der Waals surface area contributed by atoms with Crippen molar-refractivity contribution in [1.82, 2.24) is 10.6 Å². The van der Waals surface area contributed by atoms with E-state index < -0.39 is 6.03 Å². The van der Waals surface area contributed by atoms with Gasteiger partial charge < -0.3 is 16.4 Å². The van der Waals surface area contributed by atoms with E-state index in [0.29, 0.717) is 0 Å². The summed E-state index contributed by atoms with van der Waals surface area (Å²) in [5.41, 5.74) is 4.80. The summed E-state index contributed by atoms with van der Waals surface area (Å²) in [6.07, 6.45) is 0.265. The fourth-order valence-electron chi connectivity index (χ4n) is 0.693. The van der Waals surface area contributed by atoms with Crippen molar-refractivity contribution in [3.8, 4) is 0 Å². The molecule has 0 aliphatic heterocycles. The zero-order valence-corrected chi connectivity index (χ0v) is 7.39. The number of hydrogen-bond donors (Lipinski definition) is 3. The topological polar surface area (TPSA) is 84.2 Å². The Balaban J connectivity index is 3.38. The Hall–Kier alpha value is -1.26. The summed E-state index contributed by atoms with van der Waals surface area (Å²) in [5, 5.41) is 5.01. The lowest BCUT2D eigenvalue weighted by Crippen LogP contribution is -2.35. The van der Waals surface area contributed by atoms with Gasteiger partial charge in [-0.1, -0.05) is 0 Å². The maximum Gasteiger partial charge on any atom is 0.312 e. The first-order valence-corrected chi connectivity index (χ1v) is 3.85. The Kier molecular flexibility index (Phi) is 4.83. The van der Waals surface area contributed by atoms with Gasteiger partial charge in [-0.2, -0.15) is 0 Å². The van der Waals surface area contributed by atoms with E-state index in [1.807, 2.05) is 13.8 Å². The highest BCUT2D eigenvalue weighted by Gasteiger charge is 2.02. The third kappa shape index (κ3) is 6.85. The van der Waals surface area contributed by atoms with Crippen LogP contribution >= 0.6 is 0 Å². The lowest BCUT2D eigenvalue weighted by atomic mass is 10.3. The molecule has 3 amide bonds. The van der Waals surface area contributed by atoms with Crippen molar-refractivity contribution in [2.75, 3.05) is 6.54 Å². The van der Waals surface area contributed by atoms with Gasteiger partial charge in [0.05, 0.1) is 0 Å². The molecule has 5 nitrogen and oxygen atoms in total.